The summed E-state index contributed by atoms with van der Waals surface area (Å²) in [5.41, 5.74) is 5.12. The number of hydrogen-bond donors (Lipinski definition) is 1. The van der Waals surface area contributed by atoms with Crippen molar-refractivity contribution in [2.24, 2.45) is 0 Å². The summed E-state index contributed by atoms with van der Waals surface area (Å²) in [6, 6.07) is 26.9. The van der Waals surface area contributed by atoms with E-state index in [0.29, 0.717) is 13.0 Å². The van der Waals surface area contributed by atoms with Gasteiger partial charge in [0.1, 0.15) is 6.61 Å². The Bertz CT molecular complexity index is 1090. The van der Waals surface area contributed by atoms with Gasteiger partial charge in [0.05, 0.1) is 12.1 Å². The highest BCUT2D eigenvalue weighted by Crippen LogP contribution is 2.44. The van der Waals surface area contributed by atoms with Gasteiger partial charge in [0, 0.05) is 32.6 Å². The topological polar surface area (TPSA) is 53.0 Å². The lowest BCUT2D eigenvalue weighted by molar-refractivity contribution is 0.0139. The summed E-state index contributed by atoms with van der Waals surface area (Å²) in [5, 5.41) is 11.1. The maximum Gasteiger partial charge on any atom is 0.409 e. The standard InChI is InChI=1S/C28H30N2O3/c1-29(19-28(32)15-16-30(20-28)17-21-9-3-2-4-10-21)27(31)33-18-26-24-13-7-5-11-22(24)23-12-6-8-14-25(23)26/h2-14,26,32H,15-20H2,1H3. The van der Waals surface area contributed by atoms with Crippen molar-refractivity contribution in [1.29, 1.82) is 0 Å². The Morgan fingerprint density at radius 3 is 2.27 bits per heavy atom. The van der Waals surface area contributed by atoms with Crippen LogP contribution in [0.3, 0.4) is 0 Å². The number of likely N-dealkylation sites (N-methyl/N-ethyl adjacent to an activating group) is 1. The first-order valence-corrected chi connectivity index (χ1v) is 11.6. The lowest BCUT2D eigenvalue weighted by Gasteiger charge is -2.29. The van der Waals surface area contributed by atoms with Crippen molar-refractivity contribution >= 4 is 6.09 Å². The first kappa shape index (κ1) is 21.7. The molecule has 1 aliphatic heterocycles. The Balaban J connectivity index is 1.18. The van der Waals surface area contributed by atoms with Gasteiger partial charge >= 0.3 is 6.09 Å². The number of benzene rings is 3. The van der Waals surface area contributed by atoms with Crippen LogP contribution in [0.1, 0.15) is 29.0 Å². The molecule has 3 aromatic rings. The van der Waals surface area contributed by atoms with Crippen molar-refractivity contribution in [3.63, 3.8) is 0 Å². The first-order valence-electron chi connectivity index (χ1n) is 11.6. The molecule has 1 heterocycles. The quantitative estimate of drug-likeness (QED) is 0.611. The first-order chi connectivity index (χ1) is 16.0. The minimum atomic E-state index is -0.922. The summed E-state index contributed by atoms with van der Waals surface area (Å²) in [5.74, 6) is 0.0330. The van der Waals surface area contributed by atoms with Crippen LogP contribution in [0.2, 0.25) is 0 Å². The molecule has 0 radical (unpaired) electrons. The largest absolute Gasteiger partial charge is 0.448 e. The number of nitrogens with zero attached hydrogens (tertiary/aromatic N) is 2. The second kappa shape index (κ2) is 9.00. The van der Waals surface area contributed by atoms with Crippen molar-refractivity contribution in [3.05, 3.63) is 95.6 Å². The number of fused-ring (bicyclic) bond motifs is 3. The lowest BCUT2D eigenvalue weighted by Crippen LogP contribution is -2.46. The molecule has 170 valence electrons. The third kappa shape index (κ3) is 4.52. The molecule has 1 unspecified atom stereocenters. The van der Waals surface area contributed by atoms with Crippen LogP contribution in [-0.4, -0.2) is 59.9 Å². The van der Waals surface area contributed by atoms with E-state index in [2.05, 4.69) is 41.3 Å². The Kier molecular flexibility index (Phi) is 5.92. The molecule has 5 rings (SSSR count). The molecule has 1 fully saturated rings. The van der Waals surface area contributed by atoms with Gasteiger partial charge in [0.15, 0.2) is 0 Å². The Morgan fingerprint density at radius 2 is 1.61 bits per heavy atom. The van der Waals surface area contributed by atoms with Crippen molar-refractivity contribution < 1.29 is 14.6 Å². The fraction of sp³-hybridized carbons (Fsp3) is 0.321. The van der Waals surface area contributed by atoms with Crippen LogP contribution < -0.4 is 0 Å². The number of carbonyl (C=O) groups excluding carboxylic acids is 1. The highest BCUT2D eigenvalue weighted by molar-refractivity contribution is 5.79. The maximum absolute atomic E-state index is 12.8. The number of amides is 1. The van der Waals surface area contributed by atoms with Crippen LogP contribution in [-0.2, 0) is 11.3 Å². The zero-order valence-corrected chi connectivity index (χ0v) is 19.0. The number of hydrogen-bond acceptors (Lipinski definition) is 4. The van der Waals surface area contributed by atoms with Gasteiger partial charge in [-0.15, -0.1) is 0 Å². The van der Waals surface area contributed by atoms with Crippen LogP contribution in [0.4, 0.5) is 4.79 Å². The van der Waals surface area contributed by atoms with Crippen LogP contribution in [0.25, 0.3) is 11.1 Å². The van der Waals surface area contributed by atoms with Gasteiger partial charge in [0.2, 0.25) is 0 Å². The van der Waals surface area contributed by atoms with E-state index in [9.17, 15) is 9.90 Å². The number of rotatable bonds is 6. The number of β-amino-alcohol motifs (C(OH)–C–C–N with tert-alkyl or cyclic N) is 1. The SMILES string of the molecule is CN(CC1(O)CCN(Cc2ccccc2)C1)C(=O)OCC1c2ccccc2-c2ccccc21. The summed E-state index contributed by atoms with van der Waals surface area (Å²) in [4.78, 5) is 16.6. The summed E-state index contributed by atoms with van der Waals surface area (Å²) in [7, 11) is 1.71. The van der Waals surface area contributed by atoms with Crippen LogP contribution in [0.5, 0.6) is 0 Å². The van der Waals surface area contributed by atoms with Crippen LogP contribution >= 0.6 is 0 Å². The van der Waals surface area contributed by atoms with E-state index >= 15 is 0 Å². The predicted molar refractivity (Wildman–Crippen MR) is 129 cm³/mol. The summed E-state index contributed by atoms with van der Waals surface area (Å²) in [6.07, 6.45) is 0.243. The van der Waals surface area contributed by atoms with E-state index in [1.165, 1.54) is 32.7 Å². The number of carbonyl (C=O) groups is 1. The molecule has 1 saturated heterocycles. The van der Waals surface area contributed by atoms with Gasteiger partial charge in [-0.25, -0.2) is 4.79 Å². The van der Waals surface area contributed by atoms with Crippen LogP contribution in [0.15, 0.2) is 78.9 Å². The predicted octanol–water partition coefficient (Wildman–Crippen LogP) is 4.50. The minimum absolute atomic E-state index is 0.0330. The number of ether oxygens (including phenoxy) is 1. The van der Waals surface area contributed by atoms with Gasteiger partial charge < -0.3 is 14.7 Å². The highest BCUT2D eigenvalue weighted by Gasteiger charge is 2.38. The van der Waals surface area contributed by atoms with Crippen molar-refractivity contribution in [1.82, 2.24) is 9.80 Å². The van der Waals surface area contributed by atoms with Gasteiger partial charge in [0.25, 0.3) is 0 Å². The average molecular weight is 443 g/mol. The third-order valence-electron chi connectivity index (χ3n) is 6.84. The summed E-state index contributed by atoms with van der Waals surface area (Å²) >= 11 is 0. The molecular formula is C28H30N2O3. The van der Waals surface area contributed by atoms with Crippen LogP contribution in [0, 0.1) is 0 Å². The Labute approximate surface area is 195 Å². The molecule has 1 N–H and O–H groups in total. The molecule has 33 heavy (non-hydrogen) atoms. The fourth-order valence-corrected chi connectivity index (χ4v) is 5.26. The molecule has 1 amide bonds. The van der Waals surface area contributed by atoms with E-state index in [0.717, 1.165) is 13.1 Å². The zero-order valence-electron chi connectivity index (χ0n) is 19.0. The highest BCUT2D eigenvalue weighted by atomic mass is 16.6. The second-order valence-electron chi connectivity index (χ2n) is 9.33. The third-order valence-corrected chi connectivity index (χ3v) is 6.84. The number of likely N-dealkylation sites (tertiary alicyclic amines) is 1. The van der Waals surface area contributed by atoms with Gasteiger partial charge in [-0.05, 0) is 34.2 Å². The van der Waals surface area contributed by atoms with Crippen molar-refractivity contribution in [2.45, 2.75) is 24.5 Å². The Morgan fingerprint density at radius 1 is 1.00 bits per heavy atom. The fourth-order valence-electron chi connectivity index (χ4n) is 5.26. The van der Waals surface area contributed by atoms with E-state index < -0.39 is 11.7 Å². The average Bonchev–Trinajstić information content (AvgIpc) is 3.35. The van der Waals surface area contributed by atoms with E-state index in [1.54, 1.807) is 7.05 Å². The summed E-state index contributed by atoms with van der Waals surface area (Å²) < 4.78 is 5.74. The maximum atomic E-state index is 12.8. The second-order valence-corrected chi connectivity index (χ2v) is 9.33. The van der Waals surface area contributed by atoms with Gasteiger partial charge in [-0.3, -0.25) is 4.90 Å². The lowest BCUT2D eigenvalue weighted by atomic mass is 9.98. The van der Waals surface area contributed by atoms with E-state index in [1.807, 2.05) is 42.5 Å². The molecule has 5 heteroatoms. The number of aliphatic hydroxyl groups is 1. The van der Waals surface area contributed by atoms with Gasteiger partial charge in [-0.1, -0.05) is 78.9 Å². The van der Waals surface area contributed by atoms with Gasteiger partial charge in [-0.2, -0.15) is 0 Å². The molecule has 3 aromatic carbocycles. The molecule has 0 bridgehead atoms. The Hall–Kier alpha value is -3.15. The smallest absolute Gasteiger partial charge is 0.409 e. The normalized spacial score (nSPS) is 19.8. The zero-order chi connectivity index (χ0) is 22.8. The summed E-state index contributed by atoms with van der Waals surface area (Å²) in [6.45, 7) is 2.70. The molecule has 0 aromatic heterocycles. The molecular weight excluding hydrogens is 412 g/mol. The molecule has 2 aliphatic rings. The van der Waals surface area contributed by atoms with E-state index in [-0.39, 0.29) is 19.1 Å². The molecule has 1 aliphatic carbocycles. The molecule has 5 nitrogen and oxygen atoms in total. The van der Waals surface area contributed by atoms with E-state index in [4.69, 9.17) is 4.74 Å². The van der Waals surface area contributed by atoms with Crippen molar-refractivity contribution in [2.75, 3.05) is 33.3 Å². The monoisotopic (exact) mass is 442 g/mol. The molecule has 0 saturated carbocycles. The van der Waals surface area contributed by atoms with Crippen molar-refractivity contribution in [3.8, 4) is 11.1 Å². The minimum Gasteiger partial charge on any atom is -0.448 e. The molecule has 0 spiro atoms. The molecule has 1 atom stereocenters.